The summed E-state index contributed by atoms with van der Waals surface area (Å²) in [6.07, 6.45) is 9.71. The number of carbonyl (C=O) groups is 4. The van der Waals surface area contributed by atoms with Gasteiger partial charge in [0.15, 0.2) is 5.13 Å². The molecule has 1 saturated heterocycles. The van der Waals surface area contributed by atoms with Crippen molar-refractivity contribution in [1.29, 1.82) is 0 Å². The van der Waals surface area contributed by atoms with Crippen molar-refractivity contribution < 1.29 is 38.5 Å². The van der Waals surface area contributed by atoms with E-state index in [9.17, 15) is 24.3 Å². The first-order valence-corrected chi connectivity index (χ1v) is 20.3. The van der Waals surface area contributed by atoms with E-state index in [1.54, 1.807) is 7.11 Å². The number of rotatable bonds is 9. The fourth-order valence-electron chi connectivity index (χ4n) is 7.90. The van der Waals surface area contributed by atoms with Crippen molar-refractivity contribution >= 4 is 51.2 Å². The maximum Gasteiger partial charge on any atom is 0.408 e. The van der Waals surface area contributed by atoms with E-state index in [1.807, 2.05) is 55.6 Å². The van der Waals surface area contributed by atoms with Crippen molar-refractivity contribution in [2.45, 2.75) is 120 Å². The topological polar surface area (TPSA) is 181 Å². The van der Waals surface area contributed by atoms with Crippen LogP contribution in [0.4, 0.5) is 9.93 Å². The lowest BCUT2D eigenvalue weighted by molar-refractivity contribution is -0.145. The van der Waals surface area contributed by atoms with E-state index in [-0.39, 0.29) is 37.5 Å². The fourth-order valence-corrected chi connectivity index (χ4v) is 8.75. The van der Waals surface area contributed by atoms with E-state index in [4.69, 9.17) is 24.2 Å². The Hall–Kier alpha value is -4.92. The minimum atomic E-state index is -1.45. The predicted octanol–water partition coefficient (Wildman–Crippen LogP) is 6.05. The number of hydrogen-bond acceptors (Lipinski definition) is 11. The van der Waals surface area contributed by atoms with Crippen LogP contribution in [-0.2, 0) is 19.1 Å². The zero-order valence-corrected chi connectivity index (χ0v) is 32.4. The van der Waals surface area contributed by atoms with Gasteiger partial charge in [-0.3, -0.25) is 9.59 Å². The van der Waals surface area contributed by atoms with Crippen LogP contribution >= 0.6 is 11.3 Å². The number of aromatic nitrogens is 2. The molecule has 5 atom stereocenters. The SMILES string of the molecule is COc1ccc2c(O[C@@H]3C[C@H]4C(=O)N[C@]5(C(=O)O)C[C@@H]5/C=C\CCCCC[C@@H](NC(=O)OC5CCCC5)C(=O)N4C3)cc(-c3cs[14c](NC(C)C)n3)nc2c1. The van der Waals surface area contributed by atoms with Gasteiger partial charge in [0, 0.05) is 41.3 Å². The third-order valence-corrected chi connectivity index (χ3v) is 11.7. The number of ether oxygens (including phenoxy) is 3. The molecule has 1 aromatic carbocycles. The summed E-state index contributed by atoms with van der Waals surface area (Å²) in [5, 5.41) is 22.6. The zero-order chi connectivity index (χ0) is 38.7. The molecule has 4 aliphatic rings. The van der Waals surface area contributed by atoms with Gasteiger partial charge in [0.2, 0.25) is 11.8 Å². The summed E-state index contributed by atoms with van der Waals surface area (Å²) in [6, 6.07) is 5.50. The summed E-state index contributed by atoms with van der Waals surface area (Å²) in [5.74, 6) is -1.37. The van der Waals surface area contributed by atoms with Crippen molar-refractivity contribution in [3.8, 4) is 22.9 Å². The van der Waals surface area contributed by atoms with Crippen LogP contribution in [0.5, 0.6) is 11.5 Å². The minimum absolute atomic E-state index is 0.0324. The second-order valence-corrected chi connectivity index (χ2v) is 16.2. The van der Waals surface area contributed by atoms with Gasteiger partial charge in [-0.25, -0.2) is 19.6 Å². The number of aliphatic carboxylic acids is 1. The van der Waals surface area contributed by atoms with Crippen molar-refractivity contribution in [3.63, 3.8) is 0 Å². The highest BCUT2D eigenvalue weighted by molar-refractivity contribution is 7.14. The number of nitrogens with zero attached hydrogens (tertiary/aromatic N) is 3. The number of hydrogen-bond donors (Lipinski definition) is 4. The molecule has 0 bridgehead atoms. The second kappa shape index (κ2) is 16.4. The average molecular weight is 777 g/mol. The first-order valence-electron chi connectivity index (χ1n) is 19.4. The monoisotopic (exact) mass is 776 g/mol. The molecule has 4 N–H and O–H groups in total. The lowest BCUT2D eigenvalue weighted by Gasteiger charge is -2.29. The number of methoxy groups -OCH3 is 1. The summed E-state index contributed by atoms with van der Waals surface area (Å²) in [7, 11) is 1.58. The predicted molar refractivity (Wildman–Crippen MR) is 207 cm³/mol. The quantitative estimate of drug-likeness (QED) is 0.186. The lowest BCUT2D eigenvalue weighted by atomic mass is 10.0. The summed E-state index contributed by atoms with van der Waals surface area (Å²) < 4.78 is 17.9. The van der Waals surface area contributed by atoms with Gasteiger partial charge in [0.1, 0.15) is 47.0 Å². The summed E-state index contributed by atoms with van der Waals surface area (Å²) in [4.78, 5) is 65.5. The maximum atomic E-state index is 14.5. The van der Waals surface area contributed by atoms with Crippen molar-refractivity contribution in [1.82, 2.24) is 25.5 Å². The number of carbonyl (C=O) groups excluding carboxylic acids is 3. The average Bonchev–Trinajstić information content (AvgIpc) is 3.58. The van der Waals surface area contributed by atoms with Crippen LogP contribution in [0, 0.1) is 5.92 Å². The van der Waals surface area contributed by atoms with Crippen molar-refractivity contribution in [2.24, 2.45) is 5.92 Å². The molecule has 0 unspecified atom stereocenters. The molecule has 2 aromatic heterocycles. The van der Waals surface area contributed by atoms with E-state index >= 15 is 0 Å². The first-order chi connectivity index (χ1) is 26.5. The Kier molecular flexibility index (Phi) is 11.5. The maximum absolute atomic E-state index is 14.5. The standard InChI is InChI=1S/C40H50N6O8S/c1-23(2)41-38-43-32(22-55-38)31-19-34(28-16-15-26(52-3)17-30(28)42-31)53-27-18-33-35(47)45-40(37(49)50)20-24(40)11-7-5-4-6-8-14-29(36(48)46(33)21-27)44-39(51)54-25-12-9-10-13-25/h7,11,15-17,19,22-25,27,29,33H,4-6,8-10,12-14,18,20-21H2,1-3H3,(H,41,43)(H,44,51)(H,45,47)(H,49,50)/b11-7-/t24-,27+,29+,33-,40+/m0/s1/i38+2. The number of allylic oxidation sites excluding steroid dienone is 1. The highest BCUT2D eigenvalue weighted by atomic mass is 32.1. The van der Waals surface area contributed by atoms with E-state index in [1.165, 1.54) is 16.2 Å². The summed E-state index contributed by atoms with van der Waals surface area (Å²) in [5.41, 5.74) is 0.394. The number of alkyl carbamates (subject to hydrolysis) is 1. The zero-order valence-electron chi connectivity index (χ0n) is 31.5. The van der Waals surface area contributed by atoms with E-state index in [0.29, 0.717) is 46.6 Å². The number of carboxylic acid groups (broad SMARTS) is 1. The van der Waals surface area contributed by atoms with Gasteiger partial charge in [-0.1, -0.05) is 25.0 Å². The highest BCUT2D eigenvalue weighted by Gasteiger charge is 2.61. The number of thiazole rings is 1. The Labute approximate surface area is 324 Å². The normalized spacial score (nSPS) is 26.7. The van der Waals surface area contributed by atoms with Gasteiger partial charge in [0.05, 0.1) is 24.9 Å². The van der Waals surface area contributed by atoms with Crippen LogP contribution in [-0.4, -0.2) is 93.4 Å². The lowest BCUT2D eigenvalue weighted by Crippen LogP contribution is -2.56. The number of pyridine rings is 1. The van der Waals surface area contributed by atoms with Crippen LogP contribution in [0.3, 0.4) is 0 Å². The minimum Gasteiger partial charge on any atom is -0.497 e. The molecule has 14 nitrogen and oxygen atoms in total. The molecule has 7 rings (SSSR count). The number of carboxylic acids is 1. The van der Waals surface area contributed by atoms with E-state index < -0.39 is 47.6 Å². The van der Waals surface area contributed by atoms with Crippen LogP contribution in [0.15, 0.2) is 41.8 Å². The Bertz CT molecular complexity index is 1940. The first kappa shape index (κ1) is 38.4. The Morgan fingerprint density at radius 1 is 1.07 bits per heavy atom. The van der Waals surface area contributed by atoms with Gasteiger partial charge in [-0.05, 0) is 77.3 Å². The van der Waals surface area contributed by atoms with E-state index in [0.717, 1.165) is 50.1 Å². The number of benzene rings is 1. The molecule has 3 fully saturated rings. The van der Waals surface area contributed by atoms with Crippen molar-refractivity contribution in [3.05, 3.63) is 41.8 Å². The molecule has 3 amide bonds. The largest absolute Gasteiger partial charge is 0.497 e. The summed E-state index contributed by atoms with van der Waals surface area (Å²) in [6.45, 7) is 4.11. The molecule has 2 saturated carbocycles. The third-order valence-electron chi connectivity index (χ3n) is 10.9. The molecule has 4 heterocycles. The number of anilines is 1. The van der Waals surface area contributed by atoms with Crippen LogP contribution < -0.4 is 25.4 Å². The van der Waals surface area contributed by atoms with Crippen LogP contribution in [0.1, 0.15) is 84.5 Å². The molecule has 2 aliphatic heterocycles. The van der Waals surface area contributed by atoms with Crippen LogP contribution in [0.2, 0.25) is 0 Å². The van der Waals surface area contributed by atoms with Gasteiger partial charge < -0.3 is 40.2 Å². The number of amides is 3. The molecule has 0 spiro atoms. The van der Waals surface area contributed by atoms with Gasteiger partial charge in [0.25, 0.3) is 0 Å². The fraction of sp³-hybridized carbons (Fsp3) is 0.550. The molecular formula is C40H50N6O8S. The molecular weight excluding hydrogens is 727 g/mol. The van der Waals surface area contributed by atoms with Gasteiger partial charge >= 0.3 is 12.1 Å². The Morgan fingerprint density at radius 3 is 2.64 bits per heavy atom. The molecule has 55 heavy (non-hydrogen) atoms. The third kappa shape index (κ3) is 8.66. The molecule has 3 aromatic rings. The molecule has 294 valence electrons. The second-order valence-electron chi connectivity index (χ2n) is 15.4. The smallest absolute Gasteiger partial charge is 0.408 e. The number of nitrogens with one attached hydrogen (secondary N) is 3. The number of fused-ring (bicyclic) bond motifs is 3. The summed E-state index contributed by atoms with van der Waals surface area (Å²) >= 11 is 1.47. The van der Waals surface area contributed by atoms with E-state index in [2.05, 4.69) is 16.0 Å². The molecule has 2 aliphatic carbocycles. The van der Waals surface area contributed by atoms with Gasteiger partial charge in [-0.15, -0.1) is 11.3 Å². The van der Waals surface area contributed by atoms with Crippen molar-refractivity contribution in [2.75, 3.05) is 19.0 Å². The Balaban J connectivity index is 1.20. The van der Waals surface area contributed by atoms with Gasteiger partial charge in [-0.2, -0.15) is 0 Å². The highest BCUT2D eigenvalue weighted by Crippen LogP contribution is 2.45. The molecule has 0 radical (unpaired) electrons. The molecule has 15 heteroatoms. The Morgan fingerprint density at radius 2 is 1.87 bits per heavy atom. The van der Waals surface area contributed by atoms with Crippen LogP contribution in [0.25, 0.3) is 22.3 Å².